The van der Waals surface area contributed by atoms with Crippen molar-refractivity contribution in [2.24, 2.45) is 5.73 Å². The highest BCUT2D eigenvalue weighted by molar-refractivity contribution is 14.1. The summed E-state index contributed by atoms with van der Waals surface area (Å²) < 4.78 is 1.26. The molecular weight excluding hydrogens is 237 g/mol. The molecule has 0 aliphatic rings. The number of hydrogen-bond donors (Lipinski definition) is 1. The third-order valence-electron chi connectivity index (χ3n) is 1.42. The first-order chi connectivity index (χ1) is 4.74. The smallest absolute Gasteiger partial charge is 0.0188 e. The lowest BCUT2D eigenvalue weighted by Gasteiger charge is -2.00. The number of aryl methyl sites for hydroxylation is 1. The van der Waals surface area contributed by atoms with Crippen LogP contribution in [0.25, 0.3) is 0 Å². The van der Waals surface area contributed by atoms with E-state index in [0.29, 0.717) is 6.54 Å². The van der Waals surface area contributed by atoms with Crippen molar-refractivity contribution in [1.29, 1.82) is 0 Å². The van der Waals surface area contributed by atoms with Crippen LogP contribution in [0.5, 0.6) is 0 Å². The molecule has 0 radical (unpaired) electrons. The van der Waals surface area contributed by atoms with Crippen LogP contribution in [0.1, 0.15) is 11.1 Å². The predicted octanol–water partition coefficient (Wildman–Crippen LogP) is 2.06. The van der Waals surface area contributed by atoms with Crippen LogP contribution in [0.4, 0.5) is 0 Å². The van der Waals surface area contributed by atoms with Gasteiger partial charge in [-0.15, -0.1) is 0 Å². The van der Waals surface area contributed by atoms with E-state index in [1.165, 1.54) is 14.7 Å². The molecule has 0 aliphatic heterocycles. The Kier molecular flexibility index (Phi) is 2.68. The fourth-order valence-corrected chi connectivity index (χ4v) is 1.42. The van der Waals surface area contributed by atoms with E-state index < -0.39 is 0 Å². The number of rotatable bonds is 1. The van der Waals surface area contributed by atoms with E-state index in [-0.39, 0.29) is 0 Å². The van der Waals surface area contributed by atoms with E-state index in [1.54, 1.807) is 0 Å². The normalized spacial score (nSPS) is 9.90. The minimum absolute atomic E-state index is 0.639. The molecule has 0 heterocycles. The molecule has 0 saturated heterocycles. The zero-order valence-electron chi connectivity index (χ0n) is 5.89. The molecule has 0 spiro atoms. The van der Waals surface area contributed by atoms with Crippen LogP contribution < -0.4 is 5.73 Å². The van der Waals surface area contributed by atoms with Gasteiger partial charge in [0, 0.05) is 10.1 Å². The largest absolute Gasteiger partial charge is 0.326 e. The van der Waals surface area contributed by atoms with Gasteiger partial charge in [-0.05, 0) is 41.1 Å². The second kappa shape index (κ2) is 3.34. The van der Waals surface area contributed by atoms with Gasteiger partial charge in [-0.1, -0.05) is 17.7 Å². The Labute approximate surface area is 74.8 Å². The van der Waals surface area contributed by atoms with Crippen molar-refractivity contribution in [3.8, 4) is 0 Å². The van der Waals surface area contributed by atoms with Gasteiger partial charge in [0.05, 0.1) is 0 Å². The zero-order valence-corrected chi connectivity index (χ0v) is 8.05. The predicted molar refractivity (Wildman–Crippen MR) is 51.8 cm³/mol. The van der Waals surface area contributed by atoms with Gasteiger partial charge in [0.2, 0.25) is 0 Å². The molecule has 0 unspecified atom stereocenters. The molecule has 0 atom stereocenters. The molecule has 0 saturated carbocycles. The molecule has 0 aromatic heterocycles. The average Bonchev–Trinajstić information content (AvgIpc) is 1.94. The van der Waals surface area contributed by atoms with Crippen LogP contribution >= 0.6 is 22.6 Å². The summed E-state index contributed by atoms with van der Waals surface area (Å²) in [5.41, 5.74) is 8.03. The van der Waals surface area contributed by atoms with Gasteiger partial charge in [0.1, 0.15) is 0 Å². The van der Waals surface area contributed by atoms with Crippen molar-refractivity contribution in [3.05, 3.63) is 32.9 Å². The lowest BCUT2D eigenvalue weighted by Crippen LogP contribution is -1.98. The maximum absolute atomic E-state index is 5.51. The van der Waals surface area contributed by atoms with Crippen molar-refractivity contribution in [3.63, 3.8) is 0 Å². The van der Waals surface area contributed by atoms with Crippen LogP contribution in [0.2, 0.25) is 0 Å². The third kappa shape index (κ3) is 1.70. The highest BCUT2D eigenvalue weighted by atomic mass is 127. The molecule has 2 N–H and O–H groups in total. The highest BCUT2D eigenvalue weighted by Crippen LogP contribution is 2.12. The summed E-state index contributed by atoms with van der Waals surface area (Å²) in [5, 5.41) is 0. The van der Waals surface area contributed by atoms with Gasteiger partial charge in [0.25, 0.3) is 0 Å². The molecule has 0 aliphatic carbocycles. The van der Waals surface area contributed by atoms with E-state index in [1.807, 2.05) is 0 Å². The number of nitrogens with two attached hydrogens (primary N) is 1. The molecule has 2 heteroatoms. The Morgan fingerprint density at radius 1 is 1.50 bits per heavy atom. The summed E-state index contributed by atoms with van der Waals surface area (Å²) in [6, 6.07) is 6.32. The van der Waals surface area contributed by atoms with Crippen LogP contribution in [-0.2, 0) is 6.54 Å². The summed E-state index contributed by atoms with van der Waals surface area (Å²) in [7, 11) is 0. The molecular formula is C8H10IN. The summed E-state index contributed by atoms with van der Waals surface area (Å²) >= 11 is 2.30. The van der Waals surface area contributed by atoms with Crippen LogP contribution in [-0.4, -0.2) is 0 Å². The second-order valence-corrected chi connectivity index (χ2v) is 3.46. The van der Waals surface area contributed by atoms with Gasteiger partial charge >= 0.3 is 0 Å². The maximum atomic E-state index is 5.51. The van der Waals surface area contributed by atoms with Crippen molar-refractivity contribution in [1.82, 2.24) is 0 Å². The average molecular weight is 247 g/mol. The van der Waals surface area contributed by atoms with E-state index in [9.17, 15) is 0 Å². The van der Waals surface area contributed by atoms with Gasteiger partial charge in [-0.2, -0.15) is 0 Å². The van der Waals surface area contributed by atoms with Gasteiger partial charge in [-0.25, -0.2) is 0 Å². The lowest BCUT2D eigenvalue weighted by molar-refractivity contribution is 1.05. The van der Waals surface area contributed by atoms with E-state index in [0.717, 1.165) is 0 Å². The van der Waals surface area contributed by atoms with Crippen molar-refractivity contribution in [2.75, 3.05) is 0 Å². The molecule has 1 aromatic carbocycles. The van der Waals surface area contributed by atoms with Crippen molar-refractivity contribution in [2.45, 2.75) is 13.5 Å². The van der Waals surface area contributed by atoms with E-state index in [2.05, 4.69) is 47.7 Å². The molecule has 0 bridgehead atoms. The number of halogens is 1. The summed E-state index contributed by atoms with van der Waals surface area (Å²) in [4.78, 5) is 0. The standard InChI is InChI=1S/C8H10IN/c1-6-2-3-8(9)7(4-6)5-10/h2-4H,5,10H2,1H3. The quantitative estimate of drug-likeness (QED) is 0.755. The molecule has 10 heavy (non-hydrogen) atoms. The molecule has 0 fully saturated rings. The second-order valence-electron chi connectivity index (χ2n) is 2.30. The fourth-order valence-electron chi connectivity index (χ4n) is 0.860. The van der Waals surface area contributed by atoms with Gasteiger partial charge in [-0.3, -0.25) is 0 Å². The highest BCUT2D eigenvalue weighted by Gasteiger charge is 1.95. The molecule has 54 valence electrons. The van der Waals surface area contributed by atoms with Crippen molar-refractivity contribution < 1.29 is 0 Å². The summed E-state index contributed by atoms with van der Waals surface area (Å²) in [5.74, 6) is 0. The maximum Gasteiger partial charge on any atom is 0.0188 e. The van der Waals surface area contributed by atoms with Crippen LogP contribution in [0.3, 0.4) is 0 Å². The van der Waals surface area contributed by atoms with E-state index in [4.69, 9.17) is 5.73 Å². The molecule has 1 aromatic rings. The minimum atomic E-state index is 0.639. The molecule has 0 amide bonds. The topological polar surface area (TPSA) is 26.0 Å². The Morgan fingerprint density at radius 2 is 2.20 bits per heavy atom. The SMILES string of the molecule is Cc1ccc(I)c(CN)c1. The first-order valence-corrected chi connectivity index (χ1v) is 4.27. The number of hydrogen-bond acceptors (Lipinski definition) is 1. The molecule has 1 rings (SSSR count). The van der Waals surface area contributed by atoms with Crippen LogP contribution in [0, 0.1) is 10.5 Å². The van der Waals surface area contributed by atoms with Gasteiger partial charge < -0.3 is 5.73 Å². The van der Waals surface area contributed by atoms with Crippen molar-refractivity contribution >= 4 is 22.6 Å². The summed E-state index contributed by atoms with van der Waals surface area (Å²) in [6.45, 7) is 2.72. The van der Waals surface area contributed by atoms with Gasteiger partial charge in [0.15, 0.2) is 0 Å². The Balaban J connectivity index is 3.09. The first kappa shape index (κ1) is 8.01. The minimum Gasteiger partial charge on any atom is -0.326 e. The number of benzene rings is 1. The Bertz CT molecular complexity index is 233. The van der Waals surface area contributed by atoms with Crippen LogP contribution in [0.15, 0.2) is 18.2 Å². The Hall–Kier alpha value is -0.0900. The van der Waals surface area contributed by atoms with E-state index >= 15 is 0 Å². The monoisotopic (exact) mass is 247 g/mol. The molecule has 1 nitrogen and oxygen atoms in total. The zero-order chi connectivity index (χ0) is 7.56. The third-order valence-corrected chi connectivity index (χ3v) is 2.47. The fraction of sp³-hybridized carbons (Fsp3) is 0.250. The summed E-state index contributed by atoms with van der Waals surface area (Å²) in [6.07, 6.45) is 0. The Morgan fingerprint density at radius 3 is 2.70 bits per heavy atom. The lowest BCUT2D eigenvalue weighted by atomic mass is 10.1. The first-order valence-electron chi connectivity index (χ1n) is 3.19.